The summed E-state index contributed by atoms with van der Waals surface area (Å²) in [6.07, 6.45) is -0.713. The molecular weight excluding hydrogens is 418 g/mol. The molecule has 2 aromatic carbocycles. The minimum absolute atomic E-state index is 0.318. The molecule has 0 atom stereocenters. The third-order valence-corrected chi connectivity index (χ3v) is 6.17. The number of benzene rings is 2. The van der Waals surface area contributed by atoms with Crippen LogP contribution in [0.4, 0.5) is 26.3 Å². The summed E-state index contributed by atoms with van der Waals surface area (Å²) in [4.78, 5) is 0. The van der Waals surface area contributed by atoms with E-state index < -0.39 is 35.0 Å². The Morgan fingerprint density at radius 2 is 1.48 bits per heavy atom. The fraction of sp³-hybridized carbons (Fsp3) is 0.500. The molecule has 0 radical (unpaired) electrons. The molecule has 1 saturated carbocycles. The Balaban J connectivity index is 1.59. The van der Waals surface area contributed by atoms with Gasteiger partial charge in [-0.3, -0.25) is 0 Å². The highest BCUT2D eigenvalue weighted by atomic mass is 19.4. The van der Waals surface area contributed by atoms with Crippen LogP contribution in [0.2, 0.25) is 0 Å². The number of rotatable bonds is 7. The first-order chi connectivity index (χ1) is 14.6. The van der Waals surface area contributed by atoms with E-state index in [1.165, 1.54) is 44.2 Å². The average Bonchev–Trinajstić information content (AvgIpc) is 2.72. The molecule has 0 unspecified atom stereocenters. The van der Waals surface area contributed by atoms with Gasteiger partial charge in [-0.2, -0.15) is 22.0 Å². The zero-order valence-electron chi connectivity index (χ0n) is 17.3. The second-order valence-electron chi connectivity index (χ2n) is 8.29. The van der Waals surface area contributed by atoms with Gasteiger partial charge in [0.2, 0.25) is 0 Å². The third kappa shape index (κ3) is 6.17. The van der Waals surface area contributed by atoms with Crippen LogP contribution in [0.25, 0.3) is 0 Å². The van der Waals surface area contributed by atoms with Crippen molar-refractivity contribution in [1.29, 1.82) is 0 Å². The molecule has 2 aromatic rings. The van der Waals surface area contributed by atoms with Gasteiger partial charge in [-0.25, -0.2) is 4.39 Å². The monoisotopic (exact) mass is 444 g/mol. The number of alkyl halides is 5. The maximum atomic E-state index is 14.4. The lowest BCUT2D eigenvalue weighted by atomic mass is 9.78. The maximum Gasteiger partial charge on any atom is 0.426 e. The molecule has 7 heteroatoms. The topological polar surface area (TPSA) is 9.23 Å². The van der Waals surface area contributed by atoms with Crippen LogP contribution in [0.3, 0.4) is 0 Å². The van der Waals surface area contributed by atoms with E-state index in [2.05, 4.69) is 11.7 Å². The normalized spacial score (nSPS) is 20.0. The van der Waals surface area contributed by atoms with E-state index in [0.717, 1.165) is 24.3 Å². The molecule has 0 spiro atoms. The Kier molecular flexibility index (Phi) is 7.22. The predicted octanol–water partition coefficient (Wildman–Crippen LogP) is 8.12. The van der Waals surface area contributed by atoms with E-state index in [0.29, 0.717) is 24.1 Å². The van der Waals surface area contributed by atoms with Crippen molar-refractivity contribution >= 4 is 0 Å². The molecule has 0 N–H and O–H groups in total. The van der Waals surface area contributed by atoms with Crippen LogP contribution in [-0.4, -0.2) is 0 Å². The first kappa shape index (κ1) is 23.5. The molecule has 1 aliphatic rings. The summed E-state index contributed by atoms with van der Waals surface area (Å²) < 4.78 is 84.8. The van der Waals surface area contributed by atoms with E-state index in [-0.39, 0.29) is 0 Å². The van der Waals surface area contributed by atoms with Gasteiger partial charge in [-0.1, -0.05) is 51.2 Å². The summed E-state index contributed by atoms with van der Waals surface area (Å²) in [7, 11) is 0. The van der Waals surface area contributed by atoms with Gasteiger partial charge in [0.1, 0.15) is 11.6 Å². The van der Waals surface area contributed by atoms with Crippen LogP contribution in [-0.2, 0) is 18.7 Å². The third-order valence-electron chi connectivity index (χ3n) is 6.17. The van der Waals surface area contributed by atoms with Crippen molar-refractivity contribution in [2.75, 3.05) is 0 Å². The summed E-state index contributed by atoms with van der Waals surface area (Å²) in [5.74, 6) is -0.843. The van der Waals surface area contributed by atoms with Crippen molar-refractivity contribution < 1.29 is 31.1 Å². The van der Waals surface area contributed by atoms with Crippen LogP contribution in [0.15, 0.2) is 42.5 Å². The molecule has 1 fully saturated rings. The van der Waals surface area contributed by atoms with Crippen molar-refractivity contribution in [3.8, 4) is 5.75 Å². The number of halogens is 6. The van der Waals surface area contributed by atoms with Gasteiger partial charge in [0.15, 0.2) is 0 Å². The molecule has 0 saturated heterocycles. The summed E-state index contributed by atoms with van der Waals surface area (Å²) >= 11 is 0. The summed E-state index contributed by atoms with van der Waals surface area (Å²) in [6.45, 7) is 2.22. The maximum absolute atomic E-state index is 14.4. The molecule has 0 amide bonds. The zero-order valence-corrected chi connectivity index (χ0v) is 17.3. The van der Waals surface area contributed by atoms with Crippen LogP contribution in [0.5, 0.6) is 5.75 Å². The van der Waals surface area contributed by atoms with Crippen molar-refractivity contribution in [2.45, 2.75) is 64.2 Å². The van der Waals surface area contributed by atoms with Crippen molar-refractivity contribution in [1.82, 2.24) is 0 Å². The largest absolute Gasteiger partial charge is 0.429 e. The molecule has 1 aliphatic carbocycles. The van der Waals surface area contributed by atoms with Crippen molar-refractivity contribution in [3.05, 3.63) is 65.0 Å². The predicted molar refractivity (Wildman–Crippen MR) is 106 cm³/mol. The Labute approximate surface area is 178 Å². The molecular formula is C24H26F6O. The fourth-order valence-corrected chi connectivity index (χ4v) is 4.16. The second-order valence-corrected chi connectivity index (χ2v) is 8.29. The number of hydrogen-bond donors (Lipinski definition) is 0. The summed E-state index contributed by atoms with van der Waals surface area (Å²) in [5, 5.41) is 0. The lowest BCUT2D eigenvalue weighted by Gasteiger charge is -2.27. The van der Waals surface area contributed by atoms with Crippen molar-refractivity contribution in [3.63, 3.8) is 0 Å². The fourth-order valence-electron chi connectivity index (χ4n) is 4.16. The van der Waals surface area contributed by atoms with E-state index in [4.69, 9.17) is 0 Å². The number of ether oxygens (including phenoxy) is 1. The van der Waals surface area contributed by atoms with Crippen molar-refractivity contribution in [2.24, 2.45) is 11.8 Å². The lowest BCUT2D eigenvalue weighted by Crippen LogP contribution is -2.22. The Bertz CT molecular complexity index is 851. The van der Waals surface area contributed by atoms with Gasteiger partial charge >= 0.3 is 12.3 Å². The average molecular weight is 444 g/mol. The quantitative estimate of drug-likeness (QED) is 0.392. The van der Waals surface area contributed by atoms with Gasteiger partial charge in [0, 0.05) is 6.07 Å². The standard InChI is InChI=1S/C24H26F6O/c1-2-16-3-5-17(6-4-16)7-8-18-9-11-19(12-10-18)24(29,30)31-20-13-14-21(22(25)15-20)23(26,27)28/h9-17H,2-8H2,1H3/t16-,17-. The first-order valence-corrected chi connectivity index (χ1v) is 10.6. The van der Waals surface area contributed by atoms with Crippen LogP contribution in [0.1, 0.15) is 62.1 Å². The Morgan fingerprint density at radius 3 is 2.03 bits per heavy atom. The number of aryl methyl sites for hydroxylation is 1. The van der Waals surface area contributed by atoms with Gasteiger partial charge in [0.05, 0.1) is 11.1 Å². The molecule has 1 nitrogen and oxygen atoms in total. The smallest absolute Gasteiger partial charge is 0.426 e. The first-order valence-electron chi connectivity index (χ1n) is 10.6. The minimum Gasteiger partial charge on any atom is -0.429 e. The Morgan fingerprint density at radius 1 is 0.871 bits per heavy atom. The summed E-state index contributed by atoms with van der Waals surface area (Å²) in [6, 6.07) is 7.08. The zero-order chi connectivity index (χ0) is 22.6. The lowest BCUT2D eigenvalue weighted by molar-refractivity contribution is -0.185. The van der Waals surface area contributed by atoms with Gasteiger partial charge in [-0.05, 0) is 54.5 Å². The second kappa shape index (κ2) is 9.53. The highest BCUT2D eigenvalue weighted by molar-refractivity contribution is 5.32. The van der Waals surface area contributed by atoms with Crippen LogP contribution >= 0.6 is 0 Å². The molecule has 170 valence electrons. The van der Waals surface area contributed by atoms with Crippen LogP contribution < -0.4 is 4.74 Å². The molecule has 0 bridgehead atoms. The molecule has 31 heavy (non-hydrogen) atoms. The highest BCUT2D eigenvalue weighted by Crippen LogP contribution is 2.37. The molecule has 0 aliphatic heterocycles. The summed E-state index contributed by atoms with van der Waals surface area (Å²) in [5.41, 5.74) is -1.03. The van der Waals surface area contributed by atoms with Gasteiger partial charge in [0.25, 0.3) is 0 Å². The van der Waals surface area contributed by atoms with E-state index in [1.807, 2.05) is 0 Å². The number of hydrogen-bond acceptors (Lipinski definition) is 1. The SMILES string of the molecule is CC[C@H]1CC[C@H](CCc2ccc(C(F)(F)Oc3ccc(C(F)(F)F)c(F)c3)cc2)CC1. The van der Waals surface area contributed by atoms with E-state index in [1.54, 1.807) is 12.1 Å². The molecule has 3 rings (SSSR count). The molecule has 0 heterocycles. The van der Waals surface area contributed by atoms with Crippen LogP contribution in [0, 0.1) is 17.7 Å². The van der Waals surface area contributed by atoms with E-state index in [9.17, 15) is 26.3 Å². The highest BCUT2D eigenvalue weighted by Gasteiger charge is 2.37. The molecule has 0 aromatic heterocycles. The van der Waals surface area contributed by atoms with E-state index >= 15 is 0 Å². The van der Waals surface area contributed by atoms with Gasteiger partial charge < -0.3 is 4.74 Å². The minimum atomic E-state index is -4.91. The Hall–Kier alpha value is -2.18. The van der Waals surface area contributed by atoms with Gasteiger partial charge in [-0.15, -0.1) is 0 Å².